The normalized spacial score (nSPS) is 11.2. The predicted molar refractivity (Wildman–Crippen MR) is 68.5 cm³/mol. The Morgan fingerprint density at radius 2 is 1.64 bits per heavy atom. The molecule has 2 heteroatoms. The second-order valence-corrected chi connectivity index (χ2v) is 4.50. The molecule has 1 heterocycles. The van der Waals surface area contributed by atoms with Crippen LogP contribution in [-0.2, 0) is 0 Å². The second kappa shape index (κ2) is 2.98. The summed E-state index contributed by atoms with van der Waals surface area (Å²) in [4.78, 5) is 3.41. The maximum atomic E-state index is 3.41. The number of nitrogens with one attached hydrogen (secondary N) is 1. The molecule has 0 aliphatic carbocycles. The van der Waals surface area contributed by atoms with Crippen molar-refractivity contribution in [2.24, 2.45) is 0 Å². The monoisotopic (exact) mass is 293 g/mol. The quantitative estimate of drug-likeness (QED) is 0.605. The zero-order chi connectivity index (χ0) is 9.54. The molecule has 0 saturated heterocycles. The Kier molecular flexibility index (Phi) is 1.77. The maximum absolute atomic E-state index is 3.41. The lowest BCUT2D eigenvalue weighted by atomic mass is 10.2. The van der Waals surface area contributed by atoms with Gasteiger partial charge in [-0.05, 0) is 40.8 Å². The zero-order valence-corrected chi connectivity index (χ0v) is 9.58. The molecular weight excluding hydrogens is 285 g/mol. The van der Waals surface area contributed by atoms with Gasteiger partial charge in [0.2, 0.25) is 0 Å². The van der Waals surface area contributed by atoms with Crippen molar-refractivity contribution >= 4 is 44.4 Å². The van der Waals surface area contributed by atoms with E-state index in [1.807, 2.05) is 0 Å². The predicted octanol–water partition coefficient (Wildman–Crippen LogP) is 3.93. The molecule has 0 amide bonds. The van der Waals surface area contributed by atoms with Gasteiger partial charge in [-0.2, -0.15) is 0 Å². The van der Waals surface area contributed by atoms with Crippen molar-refractivity contribution in [1.82, 2.24) is 4.98 Å². The molecule has 0 bridgehead atoms. The molecule has 3 rings (SSSR count). The first-order valence-electron chi connectivity index (χ1n) is 4.51. The molecule has 0 fully saturated rings. The first-order chi connectivity index (χ1) is 6.86. The molecule has 1 aromatic heterocycles. The van der Waals surface area contributed by atoms with Gasteiger partial charge in [-0.25, -0.2) is 0 Å². The van der Waals surface area contributed by atoms with Crippen molar-refractivity contribution in [1.29, 1.82) is 0 Å². The topological polar surface area (TPSA) is 15.8 Å². The lowest BCUT2D eigenvalue weighted by Crippen LogP contribution is -1.71. The summed E-state index contributed by atoms with van der Waals surface area (Å²) in [6.07, 6.45) is 0. The molecule has 0 unspecified atom stereocenters. The SMILES string of the molecule is Ic1cccc2[nH]c3ccccc3c12. The van der Waals surface area contributed by atoms with Crippen LogP contribution in [0.3, 0.4) is 0 Å². The van der Waals surface area contributed by atoms with Crippen LogP contribution in [0.15, 0.2) is 42.5 Å². The molecule has 0 saturated carbocycles. The Balaban J connectivity index is 2.65. The van der Waals surface area contributed by atoms with E-state index in [2.05, 4.69) is 70.0 Å². The number of para-hydroxylation sites is 1. The minimum atomic E-state index is 1.21. The Morgan fingerprint density at radius 1 is 0.857 bits per heavy atom. The molecule has 2 aromatic carbocycles. The summed E-state index contributed by atoms with van der Waals surface area (Å²) in [6, 6.07) is 14.8. The van der Waals surface area contributed by atoms with Crippen LogP contribution in [0.4, 0.5) is 0 Å². The summed E-state index contributed by atoms with van der Waals surface area (Å²) < 4.78 is 1.30. The highest BCUT2D eigenvalue weighted by atomic mass is 127. The lowest BCUT2D eigenvalue weighted by Gasteiger charge is -1.93. The number of halogens is 1. The second-order valence-electron chi connectivity index (χ2n) is 3.33. The van der Waals surface area contributed by atoms with Crippen molar-refractivity contribution in [3.8, 4) is 0 Å². The Morgan fingerprint density at radius 3 is 2.57 bits per heavy atom. The van der Waals surface area contributed by atoms with Crippen molar-refractivity contribution in [2.45, 2.75) is 0 Å². The molecule has 0 aliphatic rings. The number of H-pyrrole nitrogens is 1. The summed E-state index contributed by atoms with van der Waals surface area (Å²) in [5.74, 6) is 0. The Bertz CT molecular complexity index is 610. The van der Waals surface area contributed by atoms with E-state index in [-0.39, 0.29) is 0 Å². The molecule has 1 N–H and O–H groups in total. The van der Waals surface area contributed by atoms with Gasteiger partial charge in [0, 0.05) is 25.4 Å². The van der Waals surface area contributed by atoms with E-state index in [1.54, 1.807) is 0 Å². The van der Waals surface area contributed by atoms with Crippen LogP contribution in [-0.4, -0.2) is 4.98 Å². The van der Waals surface area contributed by atoms with E-state index in [0.717, 1.165) is 0 Å². The number of hydrogen-bond donors (Lipinski definition) is 1. The number of aromatic nitrogens is 1. The molecule has 3 aromatic rings. The molecule has 0 atom stereocenters. The fraction of sp³-hybridized carbons (Fsp3) is 0. The summed E-state index contributed by atoms with van der Waals surface area (Å²) in [7, 11) is 0. The summed E-state index contributed by atoms with van der Waals surface area (Å²) in [5.41, 5.74) is 2.43. The van der Waals surface area contributed by atoms with Crippen LogP contribution in [0.25, 0.3) is 21.8 Å². The third-order valence-corrected chi connectivity index (χ3v) is 3.38. The highest BCUT2D eigenvalue weighted by Crippen LogP contribution is 2.28. The number of rotatable bonds is 0. The van der Waals surface area contributed by atoms with E-state index in [0.29, 0.717) is 0 Å². The van der Waals surface area contributed by atoms with Gasteiger partial charge in [-0.3, -0.25) is 0 Å². The lowest BCUT2D eigenvalue weighted by molar-refractivity contribution is 1.54. The fourth-order valence-electron chi connectivity index (χ4n) is 1.86. The van der Waals surface area contributed by atoms with Crippen LogP contribution in [0.5, 0.6) is 0 Å². The minimum Gasteiger partial charge on any atom is -0.354 e. The maximum Gasteiger partial charge on any atom is 0.0475 e. The van der Waals surface area contributed by atoms with Crippen LogP contribution >= 0.6 is 22.6 Å². The van der Waals surface area contributed by atoms with Crippen LogP contribution in [0.2, 0.25) is 0 Å². The highest BCUT2D eigenvalue weighted by Gasteiger charge is 2.05. The first-order valence-corrected chi connectivity index (χ1v) is 5.59. The molecule has 0 spiro atoms. The van der Waals surface area contributed by atoms with Crippen molar-refractivity contribution < 1.29 is 0 Å². The molecule has 1 nitrogen and oxygen atoms in total. The van der Waals surface area contributed by atoms with Gasteiger partial charge in [0.15, 0.2) is 0 Å². The fourth-order valence-corrected chi connectivity index (χ4v) is 2.65. The van der Waals surface area contributed by atoms with E-state index in [9.17, 15) is 0 Å². The number of hydrogen-bond acceptors (Lipinski definition) is 0. The summed E-state index contributed by atoms with van der Waals surface area (Å²) in [6.45, 7) is 0. The smallest absolute Gasteiger partial charge is 0.0475 e. The van der Waals surface area contributed by atoms with Gasteiger partial charge < -0.3 is 4.98 Å². The van der Waals surface area contributed by atoms with Gasteiger partial charge >= 0.3 is 0 Å². The van der Waals surface area contributed by atoms with Gasteiger partial charge in [-0.1, -0.05) is 24.3 Å². The number of fused-ring (bicyclic) bond motifs is 3. The van der Waals surface area contributed by atoms with Gasteiger partial charge in [0.05, 0.1) is 0 Å². The van der Waals surface area contributed by atoms with Crippen molar-refractivity contribution in [3.05, 3.63) is 46.0 Å². The third-order valence-electron chi connectivity index (χ3n) is 2.48. The zero-order valence-electron chi connectivity index (χ0n) is 7.42. The van der Waals surface area contributed by atoms with E-state index >= 15 is 0 Å². The summed E-state index contributed by atoms with van der Waals surface area (Å²) in [5, 5.41) is 2.65. The van der Waals surface area contributed by atoms with Gasteiger partial charge in [0.25, 0.3) is 0 Å². The van der Waals surface area contributed by atoms with Crippen LogP contribution in [0, 0.1) is 3.57 Å². The Hall–Kier alpha value is -1.03. The Labute approximate surface area is 95.3 Å². The average molecular weight is 293 g/mol. The largest absolute Gasteiger partial charge is 0.354 e. The minimum absolute atomic E-state index is 1.21. The van der Waals surface area contributed by atoms with E-state index < -0.39 is 0 Å². The number of benzene rings is 2. The third kappa shape index (κ3) is 1.07. The highest BCUT2D eigenvalue weighted by molar-refractivity contribution is 14.1. The van der Waals surface area contributed by atoms with Crippen molar-refractivity contribution in [3.63, 3.8) is 0 Å². The average Bonchev–Trinajstić information content (AvgIpc) is 2.57. The van der Waals surface area contributed by atoms with E-state index in [1.165, 1.54) is 25.4 Å². The molecule has 0 aliphatic heterocycles. The van der Waals surface area contributed by atoms with Gasteiger partial charge in [0.1, 0.15) is 0 Å². The van der Waals surface area contributed by atoms with E-state index in [4.69, 9.17) is 0 Å². The molecule has 14 heavy (non-hydrogen) atoms. The first kappa shape index (κ1) is 8.29. The molecule has 0 radical (unpaired) electrons. The summed E-state index contributed by atoms with van der Waals surface area (Å²) >= 11 is 2.38. The molecular formula is C12H8IN. The van der Waals surface area contributed by atoms with Crippen LogP contribution in [0.1, 0.15) is 0 Å². The van der Waals surface area contributed by atoms with Crippen LogP contribution < -0.4 is 0 Å². The standard InChI is InChI=1S/C12H8IN/c13-9-5-3-7-11-12(9)8-4-1-2-6-10(8)14-11/h1-7,14H. The molecule has 68 valence electrons. The van der Waals surface area contributed by atoms with Crippen molar-refractivity contribution in [2.75, 3.05) is 0 Å². The number of aromatic amines is 1. The van der Waals surface area contributed by atoms with Gasteiger partial charge in [-0.15, -0.1) is 0 Å².